The molecule has 0 fully saturated rings. The summed E-state index contributed by atoms with van der Waals surface area (Å²) in [6.45, 7) is 0.0311. The molecule has 7 nitrogen and oxygen atoms in total. The normalized spacial score (nSPS) is 11.6. The van der Waals surface area contributed by atoms with Gasteiger partial charge >= 0.3 is 5.63 Å². The molecule has 0 saturated carbocycles. The van der Waals surface area contributed by atoms with Gasteiger partial charge in [-0.2, -0.15) is 0 Å². The number of hydrogen-bond acceptors (Lipinski definition) is 7. The molecule has 152 valence electrons. The van der Waals surface area contributed by atoms with E-state index >= 15 is 0 Å². The fraction of sp³-hybridized carbons (Fsp3) is 0.130. The second-order valence-electron chi connectivity index (χ2n) is 6.52. The Morgan fingerprint density at radius 3 is 2.23 bits per heavy atom. The maximum atomic E-state index is 12.4. The molecule has 0 spiro atoms. The monoisotopic (exact) mass is 405 g/mol. The van der Waals surface area contributed by atoms with Crippen LogP contribution in [0.4, 0.5) is 0 Å². The molecule has 1 aromatic heterocycles. The predicted molar refractivity (Wildman–Crippen MR) is 113 cm³/mol. The fourth-order valence-corrected chi connectivity index (χ4v) is 3.21. The highest BCUT2D eigenvalue weighted by molar-refractivity contribution is 6.05. The smallest absolute Gasteiger partial charge is 0.344 e. The molecular formula is C23H19NO6. The standard InChI is InChI=1S/C23H19NO6/c1-27-15-5-3-14(4-6-15)21(24-26)13-29-17-8-10-19-18-9-7-16(28-2)11-20(18)23(25)30-22(19)12-17/h3-12,26H,13H2,1-2H3/b24-21+. The summed E-state index contributed by atoms with van der Waals surface area (Å²) >= 11 is 0. The van der Waals surface area contributed by atoms with Crippen molar-refractivity contribution in [2.45, 2.75) is 0 Å². The molecular weight excluding hydrogens is 386 g/mol. The minimum Gasteiger partial charge on any atom is -0.497 e. The third kappa shape index (κ3) is 3.65. The first-order chi connectivity index (χ1) is 14.6. The van der Waals surface area contributed by atoms with Crippen LogP contribution >= 0.6 is 0 Å². The van der Waals surface area contributed by atoms with Crippen LogP contribution in [-0.2, 0) is 0 Å². The van der Waals surface area contributed by atoms with Crippen molar-refractivity contribution < 1.29 is 23.8 Å². The number of benzene rings is 3. The molecule has 4 rings (SSSR count). The maximum Gasteiger partial charge on any atom is 0.344 e. The molecule has 0 atom stereocenters. The fourth-order valence-electron chi connectivity index (χ4n) is 3.21. The molecule has 0 radical (unpaired) electrons. The van der Waals surface area contributed by atoms with Crippen LogP contribution in [0.25, 0.3) is 21.7 Å². The van der Waals surface area contributed by atoms with Crippen LogP contribution in [-0.4, -0.2) is 31.7 Å². The van der Waals surface area contributed by atoms with E-state index < -0.39 is 5.63 Å². The second-order valence-corrected chi connectivity index (χ2v) is 6.52. The summed E-state index contributed by atoms with van der Waals surface area (Å²) in [5.41, 5.74) is 1.00. The molecule has 7 heteroatoms. The third-order valence-electron chi connectivity index (χ3n) is 4.81. The summed E-state index contributed by atoms with van der Waals surface area (Å²) in [6.07, 6.45) is 0. The molecule has 0 bridgehead atoms. The van der Waals surface area contributed by atoms with Gasteiger partial charge in [-0.15, -0.1) is 0 Å². The van der Waals surface area contributed by atoms with E-state index in [9.17, 15) is 10.0 Å². The van der Waals surface area contributed by atoms with Crippen molar-refractivity contribution in [2.24, 2.45) is 5.16 Å². The van der Waals surface area contributed by atoms with Gasteiger partial charge in [-0.25, -0.2) is 4.79 Å². The van der Waals surface area contributed by atoms with Gasteiger partial charge in [0.25, 0.3) is 0 Å². The van der Waals surface area contributed by atoms with Gasteiger partial charge < -0.3 is 23.8 Å². The first-order valence-corrected chi connectivity index (χ1v) is 9.15. The highest BCUT2D eigenvalue weighted by Crippen LogP contribution is 2.28. The lowest BCUT2D eigenvalue weighted by molar-refractivity contribution is 0.308. The van der Waals surface area contributed by atoms with Gasteiger partial charge in [0.1, 0.15) is 35.2 Å². The second kappa shape index (κ2) is 8.16. The summed E-state index contributed by atoms with van der Waals surface area (Å²) in [5, 5.41) is 14.7. The van der Waals surface area contributed by atoms with E-state index in [1.54, 1.807) is 62.8 Å². The SMILES string of the molecule is COc1ccc(/C(COc2ccc3c(c2)oc(=O)c2cc(OC)ccc23)=N/O)cc1. The molecule has 30 heavy (non-hydrogen) atoms. The number of methoxy groups -OCH3 is 2. The van der Waals surface area contributed by atoms with Crippen molar-refractivity contribution in [2.75, 3.05) is 20.8 Å². The molecule has 3 aromatic carbocycles. The van der Waals surface area contributed by atoms with Gasteiger partial charge in [0.05, 0.1) is 19.6 Å². The minimum absolute atomic E-state index is 0.0311. The lowest BCUT2D eigenvalue weighted by Gasteiger charge is -2.10. The van der Waals surface area contributed by atoms with Crippen molar-refractivity contribution in [1.29, 1.82) is 0 Å². The van der Waals surface area contributed by atoms with Gasteiger partial charge in [0.2, 0.25) is 0 Å². The molecule has 0 aliphatic heterocycles. The molecule has 0 aliphatic carbocycles. The summed E-state index contributed by atoms with van der Waals surface area (Å²) in [5.74, 6) is 1.77. The Bertz CT molecular complexity index is 1290. The first kappa shape index (κ1) is 19.3. The van der Waals surface area contributed by atoms with Crippen LogP contribution in [0.2, 0.25) is 0 Å². The van der Waals surface area contributed by atoms with Crippen LogP contribution in [0.1, 0.15) is 5.56 Å². The van der Waals surface area contributed by atoms with Gasteiger partial charge in [-0.3, -0.25) is 0 Å². The van der Waals surface area contributed by atoms with E-state index in [2.05, 4.69) is 5.16 Å². The van der Waals surface area contributed by atoms with Crippen molar-refractivity contribution in [3.63, 3.8) is 0 Å². The first-order valence-electron chi connectivity index (χ1n) is 9.15. The van der Waals surface area contributed by atoms with E-state index in [1.807, 2.05) is 12.1 Å². The van der Waals surface area contributed by atoms with Crippen LogP contribution in [0, 0.1) is 0 Å². The average molecular weight is 405 g/mol. The Hall–Kier alpha value is -4.00. The molecule has 0 unspecified atom stereocenters. The van der Waals surface area contributed by atoms with E-state index in [1.165, 1.54) is 0 Å². The van der Waals surface area contributed by atoms with Crippen LogP contribution in [0.15, 0.2) is 75.0 Å². The Morgan fingerprint density at radius 1 is 0.867 bits per heavy atom. The topological polar surface area (TPSA) is 90.5 Å². The van der Waals surface area contributed by atoms with Crippen molar-refractivity contribution in [1.82, 2.24) is 0 Å². The van der Waals surface area contributed by atoms with Crippen molar-refractivity contribution >= 4 is 27.5 Å². The molecule has 0 amide bonds. The van der Waals surface area contributed by atoms with Crippen molar-refractivity contribution in [3.05, 3.63) is 76.6 Å². The summed E-state index contributed by atoms with van der Waals surface area (Å²) < 4.78 is 21.5. The average Bonchev–Trinajstić information content (AvgIpc) is 2.79. The predicted octanol–water partition coefficient (Wildman–Crippen LogP) is 4.22. The zero-order valence-corrected chi connectivity index (χ0v) is 16.4. The van der Waals surface area contributed by atoms with E-state index in [4.69, 9.17) is 18.6 Å². The highest BCUT2D eigenvalue weighted by atomic mass is 16.5. The highest BCUT2D eigenvalue weighted by Gasteiger charge is 2.11. The lowest BCUT2D eigenvalue weighted by atomic mass is 10.1. The summed E-state index contributed by atoms with van der Waals surface area (Å²) in [7, 11) is 3.13. The third-order valence-corrected chi connectivity index (χ3v) is 4.81. The molecule has 4 aromatic rings. The van der Waals surface area contributed by atoms with Gasteiger partial charge in [-0.05, 0) is 54.6 Å². The lowest BCUT2D eigenvalue weighted by Crippen LogP contribution is -2.13. The van der Waals surface area contributed by atoms with Gasteiger partial charge in [0, 0.05) is 22.4 Å². The van der Waals surface area contributed by atoms with Crippen molar-refractivity contribution in [3.8, 4) is 17.2 Å². The van der Waals surface area contributed by atoms with Crippen LogP contribution in [0.3, 0.4) is 0 Å². The Kier molecular flexibility index (Phi) is 5.26. The number of ether oxygens (including phenoxy) is 3. The van der Waals surface area contributed by atoms with Gasteiger partial charge in [0.15, 0.2) is 0 Å². The quantitative estimate of drug-likeness (QED) is 0.170. The maximum absolute atomic E-state index is 12.4. The number of hydrogen-bond donors (Lipinski definition) is 1. The van der Waals surface area contributed by atoms with E-state index in [0.717, 1.165) is 10.8 Å². The van der Waals surface area contributed by atoms with E-state index in [-0.39, 0.29) is 6.61 Å². The number of rotatable bonds is 6. The molecule has 1 N–H and O–H groups in total. The number of oxime groups is 1. The summed E-state index contributed by atoms with van der Waals surface area (Å²) in [4.78, 5) is 12.4. The Balaban J connectivity index is 1.61. The van der Waals surface area contributed by atoms with Crippen LogP contribution < -0.4 is 19.8 Å². The number of fused-ring (bicyclic) bond motifs is 3. The zero-order chi connectivity index (χ0) is 21.1. The van der Waals surface area contributed by atoms with E-state index in [0.29, 0.717) is 39.5 Å². The Labute approximate surface area is 171 Å². The number of nitrogens with zero attached hydrogens (tertiary/aromatic N) is 1. The minimum atomic E-state index is -0.454. The molecule has 0 saturated heterocycles. The Morgan fingerprint density at radius 2 is 1.53 bits per heavy atom. The largest absolute Gasteiger partial charge is 0.497 e. The molecule has 1 heterocycles. The molecule has 0 aliphatic rings. The van der Waals surface area contributed by atoms with Crippen LogP contribution in [0.5, 0.6) is 17.2 Å². The van der Waals surface area contributed by atoms with Gasteiger partial charge in [-0.1, -0.05) is 5.16 Å². The zero-order valence-electron chi connectivity index (χ0n) is 16.4. The summed E-state index contributed by atoms with van der Waals surface area (Å²) in [6, 6.07) is 17.6.